The topological polar surface area (TPSA) is 43.8 Å². The van der Waals surface area contributed by atoms with Crippen LogP contribution in [0.4, 0.5) is 0 Å². The first-order valence-electron chi connectivity index (χ1n) is 5.96. The maximum atomic E-state index is 6.27. The monoisotopic (exact) mass is 229 g/mol. The van der Waals surface area contributed by atoms with Crippen LogP contribution in [0.15, 0.2) is 30.5 Å². The van der Waals surface area contributed by atoms with E-state index in [1.807, 2.05) is 24.9 Å². The number of rotatable bonds is 3. The van der Waals surface area contributed by atoms with E-state index in [0.717, 1.165) is 23.2 Å². The number of aromatic nitrogens is 2. The number of hydrogen-bond acceptors (Lipinski definition) is 2. The molecular formula is C14H19N3. The highest BCUT2D eigenvalue weighted by molar-refractivity contribution is 5.33. The highest BCUT2D eigenvalue weighted by atomic mass is 15.2. The summed E-state index contributed by atoms with van der Waals surface area (Å²) in [5, 5.41) is 4.33. The second-order valence-corrected chi connectivity index (χ2v) is 4.42. The van der Waals surface area contributed by atoms with Crippen molar-refractivity contribution in [1.29, 1.82) is 0 Å². The van der Waals surface area contributed by atoms with Crippen LogP contribution in [0.5, 0.6) is 0 Å². The molecule has 0 aliphatic rings. The Bertz CT molecular complexity index is 497. The van der Waals surface area contributed by atoms with Crippen LogP contribution in [0, 0.1) is 6.92 Å². The van der Waals surface area contributed by atoms with Crippen molar-refractivity contribution >= 4 is 0 Å². The predicted octanol–water partition coefficient (Wildman–Crippen LogP) is 2.34. The molecule has 1 atom stereocenters. The van der Waals surface area contributed by atoms with Crippen LogP contribution in [0.3, 0.4) is 0 Å². The van der Waals surface area contributed by atoms with Crippen LogP contribution < -0.4 is 5.73 Å². The first-order chi connectivity index (χ1) is 8.11. The summed E-state index contributed by atoms with van der Waals surface area (Å²) in [6, 6.07) is 8.41. The van der Waals surface area contributed by atoms with Gasteiger partial charge < -0.3 is 5.73 Å². The molecule has 2 N–H and O–H groups in total. The zero-order valence-corrected chi connectivity index (χ0v) is 10.6. The average molecular weight is 229 g/mol. The van der Waals surface area contributed by atoms with E-state index >= 15 is 0 Å². The fraction of sp³-hybridized carbons (Fsp3) is 0.357. The van der Waals surface area contributed by atoms with Crippen molar-refractivity contribution in [2.45, 2.75) is 26.3 Å². The molecule has 0 spiro atoms. The first kappa shape index (κ1) is 11.9. The number of aryl methyl sites for hydroxylation is 3. The lowest BCUT2D eigenvalue weighted by Crippen LogP contribution is -2.12. The van der Waals surface area contributed by atoms with Gasteiger partial charge >= 0.3 is 0 Å². The Morgan fingerprint density at radius 2 is 1.94 bits per heavy atom. The van der Waals surface area contributed by atoms with E-state index in [4.69, 9.17) is 5.73 Å². The van der Waals surface area contributed by atoms with E-state index < -0.39 is 0 Å². The van der Waals surface area contributed by atoms with Crippen LogP contribution >= 0.6 is 0 Å². The van der Waals surface area contributed by atoms with Gasteiger partial charge in [0.05, 0.1) is 11.7 Å². The molecular weight excluding hydrogens is 210 g/mol. The highest BCUT2D eigenvalue weighted by Gasteiger charge is 2.13. The first-order valence-corrected chi connectivity index (χ1v) is 5.96. The zero-order chi connectivity index (χ0) is 12.4. The van der Waals surface area contributed by atoms with E-state index in [0.29, 0.717) is 0 Å². The summed E-state index contributed by atoms with van der Waals surface area (Å²) in [4.78, 5) is 0. The third-order valence-corrected chi connectivity index (χ3v) is 3.13. The van der Waals surface area contributed by atoms with Crippen molar-refractivity contribution in [3.63, 3.8) is 0 Å². The molecule has 2 aromatic rings. The third kappa shape index (κ3) is 2.39. The highest BCUT2D eigenvalue weighted by Crippen LogP contribution is 2.22. The third-order valence-electron chi connectivity index (χ3n) is 3.13. The molecule has 0 aliphatic carbocycles. The molecule has 3 nitrogen and oxygen atoms in total. The van der Waals surface area contributed by atoms with E-state index in [2.05, 4.69) is 36.3 Å². The maximum Gasteiger partial charge on any atom is 0.0644 e. The van der Waals surface area contributed by atoms with Gasteiger partial charge in [0.1, 0.15) is 0 Å². The van der Waals surface area contributed by atoms with Crippen molar-refractivity contribution in [2.24, 2.45) is 12.8 Å². The fourth-order valence-electron chi connectivity index (χ4n) is 2.06. The smallest absolute Gasteiger partial charge is 0.0644 e. The quantitative estimate of drug-likeness (QED) is 0.878. The fourth-order valence-corrected chi connectivity index (χ4v) is 2.06. The minimum absolute atomic E-state index is 0.0883. The van der Waals surface area contributed by atoms with Crippen molar-refractivity contribution in [3.05, 3.63) is 52.8 Å². The van der Waals surface area contributed by atoms with Crippen LogP contribution in [0.25, 0.3) is 0 Å². The standard InChI is InChI=1S/C14H19N3/c1-4-11-5-7-12(8-6-11)14(15)13-9-17(3)16-10(13)2/h5-9,14H,4,15H2,1-3H3. The molecule has 0 saturated carbocycles. The van der Waals surface area contributed by atoms with Gasteiger partial charge in [-0.3, -0.25) is 4.68 Å². The van der Waals surface area contributed by atoms with Crippen LogP contribution in [0.2, 0.25) is 0 Å². The molecule has 0 aliphatic heterocycles. The van der Waals surface area contributed by atoms with E-state index in [-0.39, 0.29) is 6.04 Å². The lowest BCUT2D eigenvalue weighted by molar-refractivity contribution is 0.756. The van der Waals surface area contributed by atoms with Gasteiger partial charge in [-0.15, -0.1) is 0 Å². The van der Waals surface area contributed by atoms with E-state index in [1.54, 1.807) is 0 Å². The molecule has 3 heteroatoms. The summed E-state index contributed by atoms with van der Waals surface area (Å²) in [7, 11) is 1.92. The number of nitrogens with two attached hydrogens (primary N) is 1. The number of benzene rings is 1. The van der Waals surface area contributed by atoms with E-state index in [1.165, 1.54) is 5.56 Å². The second-order valence-electron chi connectivity index (χ2n) is 4.42. The molecule has 1 aromatic carbocycles. The summed E-state index contributed by atoms with van der Waals surface area (Å²) in [6.07, 6.45) is 3.05. The van der Waals surface area contributed by atoms with Gasteiger partial charge in [-0.2, -0.15) is 5.10 Å². The average Bonchev–Trinajstić information content (AvgIpc) is 2.68. The Balaban J connectivity index is 2.30. The molecule has 0 bridgehead atoms. The maximum absolute atomic E-state index is 6.27. The van der Waals surface area contributed by atoms with Crippen LogP contribution in [-0.4, -0.2) is 9.78 Å². The summed E-state index contributed by atoms with van der Waals surface area (Å²) in [5.74, 6) is 0. The Hall–Kier alpha value is -1.61. The van der Waals surface area contributed by atoms with Gasteiger partial charge in [0, 0.05) is 18.8 Å². The SMILES string of the molecule is CCc1ccc(C(N)c2cn(C)nc2C)cc1. The Morgan fingerprint density at radius 3 is 2.41 bits per heavy atom. The van der Waals surface area contributed by atoms with E-state index in [9.17, 15) is 0 Å². The van der Waals surface area contributed by atoms with Gasteiger partial charge in [0.15, 0.2) is 0 Å². The largest absolute Gasteiger partial charge is 0.320 e. The Morgan fingerprint density at radius 1 is 1.29 bits per heavy atom. The van der Waals surface area contributed by atoms with Crippen molar-refractivity contribution in [3.8, 4) is 0 Å². The number of nitrogens with zero attached hydrogens (tertiary/aromatic N) is 2. The van der Waals surface area contributed by atoms with Crippen LogP contribution in [0.1, 0.15) is 35.3 Å². The summed E-state index contributed by atoms with van der Waals surface area (Å²) >= 11 is 0. The molecule has 17 heavy (non-hydrogen) atoms. The molecule has 0 radical (unpaired) electrons. The zero-order valence-electron chi connectivity index (χ0n) is 10.6. The van der Waals surface area contributed by atoms with Crippen molar-refractivity contribution < 1.29 is 0 Å². The lowest BCUT2D eigenvalue weighted by Gasteiger charge is -2.11. The van der Waals surface area contributed by atoms with Gasteiger partial charge in [-0.1, -0.05) is 31.2 Å². The normalized spacial score (nSPS) is 12.7. The van der Waals surface area contributed by atoms with Gasteiger partial charge in [-0.05, 0) is 24.5 Å². The predicted molar refractivity (Wildman–Crippen MR) is 69.8 cm³/mol. The molecule has 0 fully saturated rings. The Kier molecular flexibility index (Phi) is 3.29. The van der Waals surface area contributed by atoms with Gasteiger partial charge in [0.25, 0.3) is 0 Å². The molecule has 0 amide bonds. The van der Waals surface area contributed by atoms with Crippen LogP contribution in [-0.2, 0) is 13.5 Å². The number of hydrogen-bond donors (Lipinski definition) is 1. The van der Waals surface area contributed by atoms with Gasteiger partial charge in [-0.25, -0.2) is 0 Å². The van der Waals surface area contributed by atoms with Gasteiger partial charge in [0.2, 0.25) is 0 Å². The molecule has 90 valence electrons. The molecule has 1 heterocycles. The minimum Gasteiger partial charge on any atom is -0.320 e. The van der Waals surface area contributed by atoms with Crippen molar-refractivity contribution in [1.82, 2.24) is 9.78 Å². The minimum atomic E-state index is -0.0883. The molecule has 0 saturated heterocycles. The molecule has 1 unspecified atom stereocenters. The summed E-state index contributed by atoms with van der Waals surface area (Å²) in [6.45, 7) is 4.15. The molecule has 1 aromatic heterocycles. The van der Waals surface area contributed by atoms with Crippen molar-refractivity contribution in [2.75, 3.05) is 0 Å². The lowest BCUT2D eigenvalue weighted by atomic mass is 9.99. The second kappa shape index (κ2) is 4.72. The Labute approximate surface area is 102 Å². The summed E-state index contributed by atoms with van der Waals surface area (Å²) in [5.41, 5.74) is 10.8. The molecule has 2 rings (SSSR count). The summed E-state index contributed by atoms with van der Waals surface area (Å²) < 4.78 is 1.81.